The monoisotopic (exact) mass is 230 g/mol. The fourth-order valence-corrected chi connectivity index (χ4v) is 1.49. The quantitative estimate of drug-likeness (QED) is 0.406. The highest BCUT2D eigenvalue weighted by molar-refractivity contribution is 5.81. The van der Waals surface area contributed by atoms with E-state index in [-0.39, 0.29) is 5.97 Å². The summed E-state index contributed by atoms with van der Waals surface area (Å²) in [4.78, 5) is 10.8. The maximum Gasteiger partial charge on any atom is 0.330 e. The summed E-state index contributed by atoms with van der Waals surface area (Å²) in [5.41, 5.74) is 2.30. The van der Waals surface area contributed by atoms with Crippen molar-refractivity contribution in [2.24, 2.45) is 0 Å². The average Bonchev–Trinajstić information content (AvgIpc) is 2.38. The van der Waals surface area contributed by atoms with Crippen molar-refractivity contribution in [3.63, 3.8) is 0 Å². The Kier molecular flexibility index (Phi) is 5.80. The molecular weight excluding hydrogens is 212 g/mol. The molecule has 0 unspecified atom stereocenters. The molecule has 0 radical (unpaired) electrons. The highest BCUT2D eigenvalue weighted by Gasteiger charge is 1.99. The standard InChI is InChI=1S/C15H18O2/c1-3-15(16)17-12-8-7-9-13(2)14-10-5-4-6-11-14/h3-6,10-11H,1-2,7-9,12H2. The number of ether oxygens (including phenoxy) is 1. The number of hydrogen-bond donors (Lipinski definition) is 0. The fourth-order valence-electron chi connectivity index (χ4n) is 1.49. The van der Waals surface area contributed by atoms with Gasteiger partial charge in [0.2, 0.25) is 0 Å². The lowest BCUT2D eigenvalue weighted by Gasteiger charge is -2.06. The van der Waals surface area contributed by atoms with Gasteiger partial charge in [0.05, 0.1) is 6.61 Å². The zero-order chi connectivity index (χ0) is 12.5. The molecule has 17 heavy (non-hydrogen) atoms. The molecule has 0 spiro atoms. The third-order valence-corrected chi connectivity index (χ3v) is 2.47. The molecule has 0 bridgehead atoms. The molecule has 0 aliphatic carbocycles. The second-order valence-corrected chi connectivity index (χ2v) is 3.80. The number of allylic oxidation sites excluding steroid dienone is 1. The van der Waals surface area contributed by atoms with E-state index in [1.54, 1.807) is 0 Å². The number of rotatable bonds is 7. The van der Waals surface area contributed by atoms with Crippen LogP contribution in [0.5, 0.6) is 0 Å². The van der Waals surface area contributed by atoms with Crippen molar-refractivity contribution in [1.82, 2.24) is 0 Å². The Balaban J connectivity index is 2.17. The fraction of sp³-hybridized carbons (Fsp3) is 0.267. The van der Waals surface area contributed by atoms with E-state index in [1.165, 1.54) is 11.6 Å². The molecule has 0 aromatic heterocycles. The van der Waals surface area contributed by atoms with Crippen LogP contribution in [0.4, 0.5) is 0 Å². The number of carbonyl (C=O) groups is 1. The van der Waals surface area contributed by atoms with Crippen LogP contribution >= 0.6 is 0 Å². The minimum atomic E-state index is -0.355. The zero-order valence-electron chi connectivity index (χ0n) is 10.0. The number of benzene rings is 1. The summed E-state index contributed by atoms with van der Waals surface area (Å²) >= 11 is 0. The molecule has 0 atom stereocenters. The predicted octanol–water partition coefficient (Wildman–Crippen LogP) is 3.60. The molecule has 1 rings (SSSR count). The first-order valence-corrected chi connectivity index (χ1v) is 5.76. The van der Waals surface area contributed by atoms with E-state index < -0.39 is 0 Å². The third kappa shape index (κ3) is 5.16. The van der Waals surface area contributed by atoms with Crippen molar-refractivity contribution in [1.29, 1.82) is 0 Å². The molecule has 0 aliphatic heterocycles. The number of carbonyl (C=O) groups excluding carboxylic acids is 1. The Morgan fingerprint density at radius 3 is 2.59 bits per heavy atom. The molecular formula is C15H18O2. The topological polar surface area (TPSA) is 26.3 Å². The largest absolute Gasteiger partial charge is 0.463 e. The second kappa shape index (κ2) is 7.44. The lowest BCUT2D eigenvalue weighted by molar-refractivity contribution is -0.137. The van der Waals surface area contributed by atoms with E-state index in [4.69, 9.17) is 4.74 Å². The number of unbranched alkanes of at least 4 members (excludes halogenated alkanes) is 1. The Bertz CT molecular complexity index is 379. The summed E-state index contributed by atoms with van der Waals surface area (Å²) in [5.74, 6) is -0.355. The van der Waals surface area contributed by atoms with Crippen molar-refractivity contribution in [3.05, 3.63) is 55.1 Å². The van der Waals surface area contributed by atoms with Crippen LogP contribution in [-0.2, 0) is 9.53 Å². The molecule has 0 N–H and O–H groups in total. The minimum Gasteiger partial charge on any atom is -0.463 e. The molecule has 0 saturated carbocycles. The summed E-state index contributed by atoms with van der Waals surface area (Å²) in [6, 6.07) is 10.1. The molecule has 1 aromatic carbocycles. The van der Waals surface area contributed by atoms with Crippen molar-refractivity contribution in [3.8, 4) is 0 Å². The van der Waals surface area contributed by atoms with Gasteiger partial charge in [0.15, 0.2) is 0 Å². The molecule has 2 nitrogen and oxygen atoms in total. The van der Waals surface area contributed by atoms with Gasteiger partial charge in [-0.05, 0) is 30.4 Å². The first kappa shape index (κ1) is 13.2. The average molecular weight is 230 g/mol. The summed E-state index contributed by atoms with van der Waals surface area (Å²) in [5, 5.41) is 0. The minimum absolute atomic E-state index is 0.355. The van der Waals surface area contributed by atoms with Gasteiger partial charge in [0.1, 0.15) is 0 Å². The molecule has 0 fully saturated rings. The summed E-state index contributed by atoms with van der Waals surface area (Å²) in [6.45, 7) is 7.84. The first-order chi connectivity index (χ1) is 8.24. The van der Waals surface area contributed by atoms with E-state index in [9.17, 15) is 4.79 Å². The van der Waals surface area contributed by atoms with Gasteiger partial charge in [0.25, 0.3) is 0 Å². The van der Waals surface area contributed by atoms with Crippen molar-refractivity contribution >= 4 is 11.5 Å². The highest BCUT2D eigenvalue weighted by atomic mass is 16.5. The van der Waals surface area contributed by atoms with Crippen LogP contribution < -0.4 is 0 Å². The normalized spacial score (nSPS) is 9.65. The maximum absolute atomic E-state index is 10.8. The first-order valence-electron chi connectivity index (χ1n) is 5.76. The van der Waals surface area contributed by atoms with Crippen LogP contribution in [0, 0.1) is 0 Å². The molecule has 1 aromatic rings. The van der Waals surface area contributed by atoms with E-state index >= 15 is 0 Å². The number of esters is 1. The van der Waals surface area contributed by atoms with Crippen LogP contribution in [0.25, 0.3) is 5.57 Å². The van der Waals surface area contributed by atoms with Gasteiger partial charge in [-0.1, -0.05) is 43.5 Å². The van der Waals surface area contributed by atoms with E-state index in [0.29, 0.717) is 6.61 Å². The lowest BCUT2D eigenvalue weighted by Crippen LogP contribution is -2.01. The Hall–Kier alpha value is -1.83. The smallest absolute Gasteiger partial charge is 0.330 e. The lowest BCUT2D eigenvalue weighted by atomic mass is 10.0. The second-order valence-electron chi connectivity index (χ2n) is 3.80. The van der Waals surface area contributed by atoms with Crippen LogP contribution in [0.1, 0.15) is 24.8 Å². The maximum atomic E-state index is 10.8. The van der Waals surface area contributed by atoms with Gasteiger partial charge in [-0.2, -0.15) is 0 Å². The van der Waals surface area contributed by atoms with Crippen molar-refractivity contribution < 1.29 is 9.53 Å². The molecule has 0 saturated heterocycles. The molecule has 0 amide bonds. The predicted molar refractivity (Wildman–Crippen MR) is 70.5 cm³/mol. The SMILES string of the molecule is C=CC(=O)OCCCCC(=C)c1ccccc1. The zero-order valence-corrected chi connectivity index (χ0v) is 10.0. The Labute approximate surface area is 103 Å². The molecule has 0 heterocycles. The van der Waals surface area contributed by atoms with Gasteiger partial charge in [-0.25, -0.2) is 4.79 Å². The van der Waals surface area contributed by atoms with Crippen LogP contribution in [0.15, 0.2) is 49.6 Å². The Morgan fingerprint density at radius 1 is 1.24 bits per heavy atom. The van der Waals surface area contributed by atoms with Crippen molar-refractivity contribution in [2.75, 3.05) is 6.61 Å². The van der Waals surface area contributed by atoms with Gasteiger partial charge in [0, 0.05) is 6.08 Å². The summed E-state index contributed by atoms with van der Waals surface area (Å²) in [6.07, 6.45) is 3.93. The van der Waals surface area contributed by atoms with Crippen LogP contribution in [0.2, 0.25) is 0 Å². The van der Waals surface area contributed by atoms with Crippen LogP contribution in [-0.4, -0.2) is 12.6 Å². The number of hydrogen-bond acceptors (Lipinski definition) is 2. The molecule has 2 heteroatoms. The molecule has 0 aliphatic rings. The Morgan fingerprint density at radius 2 is 1.94 bits per heavy atom. The van der Waals surface area contributed by atoms with Crippen molar-refractivity contribution in [2.45, 2.75) is 19.3 Å². The highest BCUT2D eigenvalue weighted by Crippen LogP contribution is 2.17. The van der Waals surface area contributed by atoms with E-state index in [2.05, 4.69) is 25.3 Å². The van der Waals surface area contributed by atoms with E-state index in [0.717, 1.165) is 24.8 Å². The van der Waals surface area contributed by atoms with Gasteiger partial charge in [-0.15, -0.1) is 0 Å². The van der Waals surface area contributed by atoms with Crippen LogP contribution in [0.3, 0.4) is 0 Å². The van der Waals surface area contributed by atoms with E-state index in [1.807, 2.05) is 18.2 Å². The molecule has 90 valence electrons. The summed E-state index contributed by atoms with van der Waals surface area (Å²) in [7, 11) is 0. The van der Waals surface area contributed by atoms with Gasteiger partial charge >= 0.3 is 5.97 Å². The van der Waals surface area contributed by atoms with Gasteiger partial charge < -0.3 is 4.74 Å². The van der Waals surface area contributed by atoms with Gasteiger partial charge in [-0.3, -0.25) is 0 Å². The summed E-state index contributed by atoms with van der Waals surface area (Å²) < 4.78 is 4.89. The third-order valence-electron chi connectivity index (χ3n) is 2.47.